The Morgan fingerprint density at radius 1 is 0.269 bits per heavy atom. The van der Waals surface area contributed by atoms with Crippen LogP contribution in [0, 0.1) is 0 Å². The third-order valence-electron chi connectivity index (χ3n) is 14.6. The van der Waals surface area contributed by atoms with Crippen molar-refractivity contribution in [2.75, 3.05) is 13.2 Å². The molecule has 1 unspecified atom stereocenters. The molecule has 1 atom stereocenters. The average molecular weight is 1090 g/mol. The highest BCUT2D eigenvalue weighted by Crippen LogP contribution is 2.17. The Hall–Kier alpha value is -3.41. The molecule has 0 amide bonds. The molecular weight excluding hydrogens is 961 g/mol. The van der Waals surface area contributed by atoms with Gasteiger partial charge in [-0.15, -0.1) is 0 Å². The lowest BCUT2D eigenvalue weighted by Crippen LogP contribution is -2.30. The predicted molar refractivity (Wildman–Crippen MR) is 339 cm³/mol. The SMILES string of the molecule is CC/C=C\C/C=C\C/C=C\C/C=C\CCCCCCCCCCCCCCCCCCCCC(=O)OCC(COC(=O)CCCCCCC/C=C\CCCCC)OC(=O)CCCCCCCCC/C=C\C/C=C\CCCCC. The van der Waals surface area contributed by atoms with Crippen molar-refractivity contribution in [1.29, 1.82) is 0 Å². The van der Waals surface area contributed by atoms with E-state index in [0.29, 0.717) is 19.3 Å². The Labute approximate surface area is 484 Å². The molecule has 0 saturated carbocycles. The lowest BCUT2D eigenvalue weighted by atomic mass is 10.0. The maximum absolute atomic E-state index is 12.9. The molecule has 0 aliphatic carbocycles. The van der Waals surface area contributed by atoms with Crippen molar-refractivity contribution in [3.05, 3.63) is 85.1 Å². The van der Waals surface area contributed by atoms with Gasteiger partial charge in [0, 0.05) is 19.3 Å². The molecule has 0 heterocycles. The molecule has 0 fully saturated rings. The van der Waals surface area contributed by atoms with Crippen molar-refractivity contribution in [2.45, 2.75) is 341 Å². The van der Waals surface area contributed by atoms with Gasteiger partial charge in [-0.1, -0.05) is 286 Å². The summed E-state index contributed by atoms with van der Waals surface area (Å²) in [5.74, 6) is -0.881. The van der Waals surface area contributed by atoms with Crippen molar-refractivity contribution in [2.24, 2.45) is 0 Å². The Morgan fingerprint density at radius 2 is 0.500 bits per heavy atom. The first-order chi connectivity index (χ1) is 38.5. The van der Waals surface area contributed by atoms with Gasteiger partial charge in [-0.25, -0.2) is 0 Å². The summed E-state index contributed by atoms with van der Waals surface area (Å²) >= 11 is 0. The monoisotopic (exact) mass is 1090 g/mol. The fourth-order valence-corrected chi connectivity index (χ4v) is 9.58. The topological polar surface area (TPSA) is 78.9 Å². The van der Waals surface area contributed by atoms with E-state index in [1.54, 1.807) is 0 Å². The first-order valence-electron chi connectivity index (χ1n) is 33.6. The highest BCUT2D eigenvalue weighted by molar-refractivity contribution is 5.71. The second-order valence-corrected chi connectivity index (χ2v) is 22.3. The van der Waals surface area contributed by atoms with E-state index in [-0.39, 0.29) is 31.1 Å². The molecule has 0 N–H and O–H groups in total. The number of esters is 3. The van der Waals surface area contributed by atoms with Gasteiger partial charge in [0.2, 0.25) is 0 Å². The van der Waals surface area contributed by atoms with Crippen molar-refractivity contribution < 1.29 is 28.6 Å². The number of rotatable bonds is 61. The average Bonchev–Trinajstić information content (AvgIpc) is 3.44. The van der Waals surface area contributed by atoms with Crippen LogP contribution in [0.4, 0.5) is 0 Å². The van der Waals surface area contributed by atoms with Gasteiger partial charge in [0.1, 0.15) is 13.2 Å². The molecule has 0 aliphatic rings. The lowest BCUT2D eigenvalue weighted by molar-refractivity contribution is -0.167. The fourth-order valence-electron chi connectivity index (χ4n) is 9.58. The molecule has 6 heteroatoms. The van der Waals surface area contributed by atoms with E-state index in [1.807, 2.05) is 0 Å². The summed E-state index contributed by atoms with van der Waals surface area (Å²) in [5.41, 5.74) is 0. The second-order valence-electron chi connectivity index (χ2n) is 22.3. The minimum atomic E-state index is -0.783. The predicted octanol–water partition coefficient (Wildman–Crippen LogP) is 23.1. The van der Waals surface area contributed by atoms with Gasteiger partial charge in [0.25, 0.3) is 0 Å². The molecular formula is C72H126O6. The number of hydrogen-bond donors (Lipinski definition) is 0. The van der Waals surface area contributed by atoms with Crippen molar-refractivity contribution >= 4 is 17.9 Å². The summed E-state index contributed by atoms with van der Waals surface area (Å²) in [6.07, 6.45) is 87.5. The van der Waals surface area contributed by atoms with Crippen LogP contribution in [0.2, 0.25) is 0 Å². The summed E-state index contributed by atoms with van der Waals surface area (Å²) in [6, 6.07) is 0. The Kier molecular flexibility index (Phi) is 63.2. The zero-order valence-electron chi connectivity index (χ0n) is 51.7. The second kappa shape index (κ2) is 66.1. The Bertz CT molecular complexity index is 1480. The fraction of sp³-hybridized carbons (Fsp3) is 0.764. The molecule has 0 bridgehead atoms. The largest absolute Gasteiger partial charge is 0.462 e. The summed E-state index contributed by atoms with van der Waals surface area (Å²) in [6.45, 7) is 6.50. The van der Waals surface area contributed by atoms with Crippen LogP contribution < -0.4 is 0 Å². The number of ether oxygens (including phenoxy) is 3. The molecule has 0 aromatic rings. The summed E-state index contributed by atoms with van der Waals surface area (Å²) in [4.78, 5) is 38.3. The first kappa shape index (κ1) is 74.6. The summed E-state index contributed by atoms with van der Waals surface area (Å²) < 4.78 is 16.9. The van der Waals surface area contributed by atoms with Crippen LogP contribution in [-0.2, 0) is 28.6 Å². The minimum Gasteiger partial charge on any atom is -0.462 e. The van der Waals surface area contributed by atoms with E-state index >= 15 is 0 Å². The van der Waals surface area contributed by atoms with E-state index in [2.05, 4.69) is 106 Å². The van der Waals surface area contributed by atoms with Gasteiger partial charge < -0.3 is 14.2 Å². The van der Waals surface area contributed by atoms with Crippen LogP contribution in [-0.4, -0.2) is 37.2 Å². The smallest absolute Gasteiger partial charge is 0.306 e. The number of hydrogen-bond acceptors (Lipinski definition) is 6. The third kappa shape index (κ3) is 63.4. The molecule has 0 aromatic heterocycles. The molecule has 0 aliphatic heterocycles. The zero-order valence-corrected chi connectivity index (χ0v) is 51.7. The van der Waals surface area contributed by atoms with E-state index in [4.69, 9.17) is 14.2 Å². The Morgan fingerprint density at radius 3 is 0.795 bits per heavy atom. The van der Waals surface area contributed by atoms with Gasteiger partial charge in [-0.05, 0) is 116 Å². The maximum Gasteiger partial charge on any atom is 0.306 e. The Balaban J connectivity index is 4.17. The van der Waals surface area contributed by atoms with E-state index < -0.39 is 6.10 Å². The number of carbonyl (C=O) groups is 3. The molecule has 0 radical (unpaired) electrons. The number of unbranched alkanes of at least 4 members (excludes halogenated alkanes) is 36. The quantitative estimate of drug-likeness (QED) is 0.0261. The number of carbonyl (C=O) groups excluding carboxylic acids is 3. The van der Waals surface area contributed by atoms with Crippen LogP contribution in [0.25, 0.3) is 0 Å². The summed E-state index contributed by atoms with van der Waals surface area (Å²) in [7, 11) is 0. The van der Waals surface area contributed by atoms with Crippen LogP contribution in [0.15, 0.2) is 85.1 Å². The zero-order chi connectivity index (χ0) is 56.4. The normalized spacial score (nSPS) is 12.6. The lowest BCUT2D eigenvalue weighted by Gasteiger charge is -2.18. The summed E-state index contributed by atoms with van der Waals surface area (Å²) in [5, 5.41) is 0. The van der Waals surface area contributed by atoms with Gasteiger partial charge in [0.15, 0.2) is 6.10 Å². The van der Waals surface area contributed by atoms with E-state index in [1.165, 1.54) is 193 Å². The number of allylic oxidation sites excluding steroid dienone is 14. The van der Waals surface area contributed by atoms with Crippen molar-refractivity contribution in [1.82, 2.24) is 0 Å². The molecule has 6 nitrogen and oxygen atoms in total. The molecule has 0 rings (SSSR count). The van der Waals surface area contributed by atoms with E-state index in [0.717, 1.165) is 103 Å². The standard InChI is InChI=1S/C72H126O6/c1-4-7-10-13-16-19-22-25-27-29-30-31-32-33-34-35-36-37-38-39-40-41-42-44-45-47-50-53-56-59-62-65-71(74)77-68-69(67-76-70(73)64-61-58-55-52-49-24-21-18-15-12-9-6-3)78-72(75)66-63-60-57-54-51-48-46-43-28-26-23-20-17-14-11-8-5-2/h7,10,16-21,25-28,30-31,69H,4-6,8-9,11-15,22-24,29,32-68H2,1-3H3/b10-7-,19-16-,20-17-,21-18-,27-25-,28-26-,31-30-. The van der Waals surface area contributed by atoms with Gasteiger partial charge >= 0.3 is 17.9 Å². The van der Waals surface area contributed by atoms with E-state index in [9.17, 15) is 14.4 Å². The van der Waals surface area contributed by atoms with Crippen LogP contribution >= 0.6 is 0 Å². The molecule has 0 aromatic carbocycles. The van der Waals surface area contributed by atoms with Gasteiger partial charge in [-0.3, -0.25) is 14.4 Å². The maximum atomic E-state index is 12.9. The highest BCUT2D eigenvalue weighted by Gasteiger charge is 2.19. The highest BCUT2D eigenvalue weighted by atomic mass is 16.6. The van der Waals surface area contributed by atoms with Crippen LogP contribution in [0.1, 0.15) is 335 Å². The van der Waals surface area contributed by atoms with Crippen LogP contribution in [0.3, 0.4) is 0 Å². The van der Waals surface area contributed by atoms with Gasteiger partial charge in [0.05, 0.1) is 0 Å². The van der Waals surface area contributed by atoms with Gasteiger partial charge in [-0.2, -0.15) is 0 Å². The molecule has 78 heavy (non-hydrogen) atoms. The minimum absolute atomic E-state index is 0.0789. The first-order valence-corrected chi connectivity index (χ1v) is 33.6. The molecule has 450 valence electrons. The van der Waals surface area contributed by atoms with Crippen molar-refractivity contribution in [3.63, 3.8) is 0 Å². The van der Waals surface area contributed by atoms with Crippen molar-refractivity contribution in [3.8, 4) is 0 Å². The molecule has 0 saturated heterocycles. The van der Waals surface area contributed by atoms with Crippen LogP contribution in [0.5, 0.6) is 0 Å². The third-order valence-corrected chi connectivity index (χ3v) is 14.6. The molecule has 0 spiro atoms.